The number of carbonyl (C=O) groups excluding carboxylic acids is 2. The highest BCUT2D eigenvalue weighted by atomic mass is 16.5. The van der Waals surface area contributed by atoms with Crippen LogP contribution >= 0.6 is 0 Å². The number of unbranched alkanes of at least 4 members (excludes halogenated alkanes) is 1. The second-order valence-corrected chi connectivity index (χ2v) is 3.48. The molecule has 7 heteroatoms. The third kappa shape index (κ3) is 3.41. The zero-order valence-corrected chi connectivity index (χ0v) is 10.2. The number of ether oxygens (including phenoxy) is 2. The van der Waals surface area contributed by atoms with E-state index in [4.69, 9.17) is 4.74 Å². The van der Waals surface area contributed by atoms with E-state index in [1.165, 1.54) is 0 Å². The molecule has 0 saturated carbocycles. The maximum absolute atomic E-state index is 11.5. The second-order valence-electron chi connectivity index (χ2n) is 3.48. The first-order valence-electron chi connectivity index (χ1n) is 5.46. The molecule has 0 aliphatic rings. The molecule has 1 heterocycles. The van der Waals surface area contributed by atoms with E-state index in [2.05, 4.69) is 14.7 Å². The highest BCUT2D eigenvalue weighted by Crippen LogP contribution is 2.11. The molecule has 0 atom stereocenters. The minimum atomic E-state index is -0.834. The number of H-pyrrole nitrogens is 1. The van der Waals surface area contributed by atoms with Crippen molar-refractivity contribution in [1.29, 1.82) is 0 Å². The number of rotatable bonds is 5. The fourth-order valence-corrected chi connectivity index (χ4v) is 1.21. The molecule has 0 unspecified atom stereocenters. The molecule has 0 aliphatic carbocycles. The Balaban J connectivity index is 2.96. The number of nitrogens with zero attached hydrogens (tertiary/aromatic N) is 1. The molecular weight excluding hydrogens is 240 g/mol. The molecule has 1 aromatic rings. The van der Waals surface area contributed by atoms with E-state index in [-0.39, 0.29) is 12.1 Å². The molecule has 1 aromatic heterocycles. The third-order valence-electron chi connectivity index (χ3n) is 2.14. The van der Waals surface area contributed by atoms with Crippen molar-refractivity contribution in [2.75, 3.05) is 7.11 Å². The molecular formula is C11H14N2O5. The van der Waals surface area contributed by atoms with Crippen molar-refractivity contribution < 1.29 is 19.1 Å². The SMILES string of the molecule is CCCCC(=O)Oc1c(C(=O)OC)nc[nH]c1=O. The van der Waals surface area contributed by atoms with Crippen LogP contribution in [0.3, 0.4) is 0 Å². The summed E-state index contributed by atoms with van der Waals surface area (Å²) in [6.45, 7) is 1.92. The standard InChI is InChI=1S/C11H14N2O5/c1-3-4-5-7(14)18-9-8(11(16)17-2)12-6-13-10(9)15/h6H,3-5H2,1-2H3,(H,12,13,15). The first-order chi connectivity index (χ1) is 8.60. The van der Waals surface area contributed by atoms with Crippen LogP contribution in [0.5, 0.6) is 5.75 Å². The number of aromatic nitrogens is 2. The number of esters is 2. The molecule has 0 aliphatic heterocycles. The van der Waals surface area contributed by atoms with Gasteiger partial charge in [0.2, 0.25) is 5.75 Å². The maximum atomic E-state index is 11.5. The normalized spacial score (nSPS) is 9.89. The average molecular weight is 254 g/mol. The summed E-state index contributed by atoms with van der Waals surface area (Å²) in [6.07, 6.45) is 2.68. The Hall–Kier alpha value is -2.18. The molecule has 0 bridgehead atoms. The van der Waals surface area contributed by atoms with Crippen molar-refractivity contribution in [1.82, 2.24) is 9.97 Å². The Morgan fingerprint density at radius 3 is 2.78 bits per heavy atom. The van der Waals surface area contributed by atoms with Crippen LogP contribution in [0.1, 0.15) is 36.7 Å². The minimum absolute atomic E-state index is 0.172. The Kier molecular flexibility index (Phi) is 5.04. The van der Waals surface area contributed by atoms with Gasteiger partial charge in [-0.05, 0) is 6.42 Å². The molecule has 0 aromatic carbocycles. The monoisotopic (exact) mass is 254 g/mol. The number of hydrogen-bond acceptors (Lipinski definition) is 6. The van der Waals surface area contributed by atoms with Crippen LogP contribution in [0, 0.1) is 0 Å². The Morgan fingerprint density at radius 1 is 1.44 bits per heavy atom. The van der Waals surface area contributed by atoms with Crippen LogP contribution in [-0.2, 0) is 9.53 Å². The van der Waals surface area contributed by atoms with Crippen LogP contribution < -0.4 is 10.3 Å². The fourth-order valence-electron chi connectivity index (χ4n) is 1.21. The molecule has 18 heavy (non-hydrogen) atoms. The Labute approximate surface area is 103 Å². The second kappa shape index (κ2) is 6.53. The van der Waals surface area contributed by atoms with Crippen molar-refractivity contribution in [3.8, 4) is 5.75 Å². The van der Waals surface area contributed by atoms with E-state index in [0.717, 1.165) is 19.9 Å². The largest absolute Gasteiger partial charge is 0.464 e. The van der Waals surface area contributed by atoms with Crippen LogP contribution in [0.4, 0.5) is 0 Å². The predicted octanol–water partition coefficient (Wildman–Crippen LogP) is 0.652. The Morgan fingerprint density at radius 2 is 2.17 bits per heavy atom. The summed E-state index contributed by atoms with van der Waals surface area (Å²) in [6, 6.07) is 0. The zero-order valence-electron chi connectivity index (χ0n) is 10.2. The van der Waals surface area contributed by atoms with E-state index in [1.807, 2.05) is 6.92 Å². The van der Waals surface area contributed by atoms with Gasteiger partial charge in [-0.3, -0.25) is 9.59 Å². The lowest BCUT2D eigenvalue weighted by Crippen LogP contribution is -2.21. The molecule has 0 spiro atoms. The van der Waals surface area contributed by atoms with E-state index in [1.54, 1.807) is 0 Å². The van der Waals surface area contributed by atoms with Crippen LogP contribution in [0.2, 0.25) is 0 Å². The van der Waals surface area contributed by atoms with Gasteiger partial charge in [0.1, 0.15) is 0 Å². The molecule has 98 valence electrons. The van der Waals surface area contributed by atoms with Crippen LogP contribution in [0.25, 0.3) is 0 Å². The summed E-state index contributed by atoms with van der Waals surface area (Å²) in [4.78, 5) is 40.1. The van der Waals surface area contributed by atoms with E-state index in [9.17, 15) is 14.4 Å². The number of hydrogen-bond donors (Lipinski definition) is 1. The van der Waals surface area contributed by atoms with Gasteiger partial charge in [0, 0.05) is 6.42 Å². The molecule has 7 nitrogen and oxygen atoms in total. The summed E-state index contributed by atoms with van der Waals surface area (Å²) in [5.41, 5.74) is -1.01. The molecule has 1 rings (SSSR count). The van der Waals surface area contributed by atoms with Gasteiger partial charge in [-0.1, -0.05) is 13.3 Å². The lowest BCUT2D eigenvalue weighted by molar-refractivity contribution is -0.134. The average Bonchev–Trinajstić information content (AvgIpc) is 2.37. The quantitative estimate of drug-likeness (QED) is 0.775. The van der Waals surface area contributed by atoms with Gasteiger partial charge in [-0.15, -0.1) is 0 Å². The summed E-state index contributed by atoms with van der Waals surface area (Å²) in [5.74, 6) is -1.84. The van der Waals surface area contributed by atoms with Crippen LogP contribution in [-0.4, -0.2) is 29.0 Å². The summed E-state index contributed by atoms with van der Waals surface area (Å²) >= 11 is 0. The summed E-state index contributed by atoms with van der Waals surface area (Å²) in [5, 5.41) is 0. The molecule has 1 N–H and O–H groups in total. The number of methoxy groups -OCH3 is 1. The van der Waals surface area contributed by atoms with Gasteiger partial charge in [-0.25, -0.2) is 9.78 Å². The van der Waals surface area contributed by atoms with Crippen molar-refractivity contribution in [3.63, 3.8) is 0 Å². The lowest BCUT2D eigenvalue weighted by Gasteiger charge is -2.06. The third-order valence-corrected chi connectivity index (χ3v) is 2.14. The minimum Gasteiger partial charge on any atom is -0.464 e. The smallest absolute Gasteiger partial charge is 0.360 e. The summed E-state index contributed by atoms with van der Waals surface area (Å²) in [7, 11) is 1.15. The van der Waals surface area contributed by atoms with Gasteiger partial charge in [0.05, 0.1) is 13.4 Å². The van der Waals surface area contributed by atoms with Crippen LogP contribution in [0.15, 0.2) is 11.1 Å². The van der Waals surface area contributed by atoms with Gasteiger partial charge in [0.15, 0.2) is 5.69 Å². The van der Waals surface area contributed by atoms with Crippen molar-refractivity contribution in [2.24, 2.45) is 0 Å². The summed E-state index contributed by atoms with van der Waals surface area (Å²) < 4.78 is 9.30. The number of carbonyl (C=O) groups is 2. The molecule has 0 saturated heterocycles. The lowest BCUT2D eigenvalue weighted by atomic mass is 10.2. The number of aromatic amines is 1. The van der Waals surface area contributed by atoms with Crippen molar-refractivity contribution >= 4 is 11.9 Å². The van der Waals surface area contributed by atoms with Crippen molar-refractivity contribution in [2.45, 2.75) is 26.2 Å². The van der Waals surface area contributed by atoms with Gasteiger partial charge in [0.25, 0.3) is 5.56 Å². The first kappa shape index (κ1) is 13.9. The molecule has 0 fully saturated rings. The highest BCUT2D eigenvalue weighted by Gasteiger charge is 2.20. The topological polar surface area (TPSA) is 98.3 Å². The number of nitrogens with one attached hydrogen (secondary N) is 1. The van der Waals surface area contributed by atoms with Gasteiger partial charge < -0.3 is 14.5 Å². The Bertz CT molecular complexity index is 494. The van der Waals surface area contributed by atoms with E-state index >= 15 is 0 Å². The van der Waals surface area contributed by atoms with E-state index in [0.29, 0.717) is 6.42 Å². The van der Waals surface area contributed by atoms with Gasteiger partial charge >= 0.3 is 11.9 Å². The van der Waals surface area contributed by atoms with Gasteiger partial charge in [-0.2, -0.15) is 0 Å². The highest BCUT2D eigenvalue weighted by molar-refractivity contribution is 5.91. The molecule has 0 amide bonds. The van der Waals surface area contributed by atoms with Crippen molar-refractivity contribution in [3.05, 3.63) is 22.4 Å². The zero-order chi connectivity index (χ0) is 13.5. The first-order valence-corrected chi connectivity index (χ1v) is 5.46. The maximum Gasteiger partial charge on any atom is 0.360 e. The fraction of sp³-hybridized carbons (Fsp3) is 0.455. The molecule has 0 radical (unpaired) electrons. The predicted molar refractivity (Wildman–Crippen MR) is 61.4 cm³/mol. The van der Waals surface area contributed by atoms with E-state index < -0.39 is 23.2 Å².